The average molecular weight is 171 g/mol. The molecule has 0 spiro atoms. The topological polar surface area (TPSA) is 21.7 Å². The molecule has 0 amide bonds. The molecule has 0 unspecified atom stereocenters. The molecule has 0 aromatic rings. The Morgan fingerprint density at radius 3 is 2.50 bits per heavy atom. The third-order valence-corrected chi connectivity index (χ3v) is 2.92. The Kier molecular flexibility index (Phi) is 2.63. The third kappa shape index (κ3) is 1.63. The molecule has 0 aliphatic carbocycles. The first-order valence-corrected chi connectivity index (χ1v) is 4.74. The number of rotatable bonds is 2. The Labute approximate surface area is 73.6 Å². The summed E-state index contributed by atoms with van der Waals surface area (Å²) in [6, 6.07) is 0.769. The second kappa shape index (κ2) is 3.73. The van der Waals surface area contributed by atoms with Gasteiger partial charge in [0.1, 0.15) is 0 Å². The van der Waals surface area contributed by atoms with E-state index >= 15 is 0 Å². The van der Waals surface area contributed by atoms with Gasteiger partial charge in [0.25, 0.3) is 0 Å². The first-order chi connectivity index (χ1) is 5.90. The molecule has 0 aromatic heterocycles. The van der Waals surface area contributed by atoms with E-state index in [-0.39, 0.29) is 0 Å². The molecule has 2 aliphatic rings. The number of hydrogen-bond donors (Lipinski definition) is 0. The zero-order chi connectivity index (χ0) is 8.39. The van der Waals surface area contributed by atoms with Crippen molar-refractivity contribution in [1.82, 2.24) is 4.90 Å². The van der Waals surface area contributed by atoms with Crippen LogP contribution < -0.4 is 0 Å². The Morgan fingerprint density at radius 1 is 1.25 bits per heavy atom. The van der Waals surface area contributed by atoms with Gasteiger partial charge in [-0.15, -0.1) is 0 Å². The number of hydrogen-bond acceptors (Lipinski definition) is 3. The van der Waals surface area contributed by atoms with E-state index in [0.717, 1.165) is 32.3 Å². The van der Waals surface area contributed by atoms with Crippen molar-refractivity contribution in [3.63, 3.8) is 0 Å². The van der Waals surface area contributed by atoms with Gasteiger partial charge in [0.2, 0.25) is 0 Å². The predicted molar refractivity (Wildman–Crippen MR) is 46.2 cm³/mol. The minimum absolute atomic E-state index is 0.493. The summed E-state index contributed by atoms with van der Waals surface area (Å²) in [5.41, 5.74) is 0. The van der Waals surface area contributed by atoms with Crippen LogP contribution in [0, 0.1) is 0 Å². The van der Waals surface area contributed by atoms with Crippen molar-refractivity contribution in [1.29, 1.82) is 0 Å². The summed E-state index contributed by atoms with van der Waals surface area (Å²) in [6.07, 6.45) is 2.90. The van der Waals surface area contributed by atoms with Gasteiger partial charge >= 0.3 is 0 Å². The molecular weight excluding hydrogens is 154 g/mol. The van der Waals surface area contributed by atoms with Gasteiger partial charge in [-0.3, -0.25) is 4.90 Å². The van der Waals surface area contributed by atoms with Crippen LogP contribution in [-0.4, -0.2) is 50.5 Å². The maximum Gasteiger partial charge on any atom is 0.0825 e. The SMILES string of the molecule is COC1CN(C2CCOCC2)C1. The van der Waals surface area contributed by atoms with Gasteiger partial charge in [-0.1, -0.05) is 0 Å². The van der Waals surface area contributed by atoms with E-state index in [1.807, 2.05) is 0 Å². The highest BCUT2D eigenvalue weighted by molar-refractivity contribution is 4.86. The van der Waals surface area contributed by atoms with E-state index in [1.54, 1.807) is 7.11 Å². The van der Waals surface area contributed by atoms with E-state index in [4.69, 9.17) is 9.47 Å². The highest BCUT2D eigenvalue weighted by Crippen LogP contribution is 2.21. The molecule has 0 aromatic carbocycles. The molecule has 3 nitrogen and oxygen atoms in total. The van der Waals surface area contributed by atoms with Crippen molar-refractivity contribution in [2.45, 2.75) is 25.0 Å². The molecule has 70 valence electrons. The summed E-state index contributed by atoms with van der Waals surface area (Å²) in [5, 5.41) is 0. The van der Waals surface area contributed by atoms with Crippen molar-refractivity contribution < 1.29 is 9.47 Å². The summed E-state index contributed by atoms with van der Waals surface area (Å²) in [4.78, 5) is 2.51. The first-order valence-electron chi connectivity index (χ1n) is 4.74. The van der Waals surface area contributed by atoms with Crippen LogP contribution in [0.5, 0.6) is 0 Å². The van der Waals surface area contributed by atoms with Gasteiger partial charge < -0.3 is 9.47 Å². The summed E-state index contributed by atoms with van der Waals surface area (Å²) in [7, 11) is 1.80. The Morgan fingerprint density at radius 2 is 1.92 bits per heavy atom. The molecule has 0 saturated carbocycles. The second-order valence-electron chi connectivity index (χ2n) is 3.66. The smallest absolute Gasteiger partial charge is 0.0825 e. The lowest BCUT2D eigenvalue weighted by Gasteiger charge is -2.44. The zero-order valence-corrected chi connectivity index (χ0v) is 7.66. The largest absolute Gasteiger partial charge is 0.381 e. The van der Waals surface area contributed by atoms with E-state index < -0.39 is 0 Å². The molecule has 2 heterocycles. The summed E-state index contributed by atoms with van der Waals surface area (Å²) in [5.74, 6) is 0. The number of methoxy groups -OCH3 is 1. The van der Waals surface area contributed by atoms with Crippen LogP contribution in [0.25, 0.3) is 0 Å². The third-order valence-electron chi connectivity index (χ3n) is 2.92. The fourth-order valence-electron chi connectivity index (χ4n) is 1.97. The van der Waals surface area contributed by atoms with Gasteiger partial charge in [0.15, 0.2) is 0 Å². The van der Waals surface area contributed by atoms with Crippen LogP contribution in [0.3, 0.4) is 0 Å². The molecule has 0 N–H and O–H groups in total. The first kappa shape index (κ1) is 8.48. The van der Waals surface area contributed by atoms with Gasteiger partial charge in [-0.05, 0) is 12.8 Å². The molecule has 0 bridgehead atoms. The van der Waals surface area contributed by atoms with Crippen molar-refractivity contribution in [3.8, 4) is 0 Å². The van der Waals surface area contributed by atoms with Crippen LogP contribution in [0.1, 0.15) is 12.8 Å². The molecule has 2 saturated heterocycles. The summed E-state index contributed by atoms with van der Waals surface area (Å²) < 4.78 is 10.5. The highest BCUT2D eigenvalue weighted by Gasteiger charge is 2.32. The Bertz CT molecular complexity index is 139. The summed E-state index contributed by atoms with van der Waals surface area (Å²) >= 11 is 0. The Hall–Kier alpha value is -0.120. The lowest BCUT2D eigenvalue weighted by atomic mass is 10.0. The minimum atomic E-state index is 0.493. The summed E-state index contributed by atoms with van der Waals surface area (Å²) in [6.45, 7) is 4.14. The molecule has 12 heavy (non-hydrogen) atoms. The maximum atomic E-state index is 5.31. The van der Waals surface area contributed by atoms with Crippen molar-refractivity contribution >= 4 is 0 Å². The highest BCUT2D eigenvalue weighted by atomic mass is 16.5. The van der Waals surface area contributed by atoms with Gasteiger partial charge in [-0.2, -0.15) is 0 Å². The van der Waals surface area contributed by atoms with E-state index in [1.165, 1.54) is 12.8 Å². The number of ether oxygens (including phenoxy) is 2. The maximum absolute atomic E-state index is 5.31. The van der Waals surface area contributed by atoms with Gasteiger partial charge in [0, 0.05) is 39.5 Å². The van der Waals surface area contributed by atoms with E-state index in [2.05, 4.69) is 4.90 Å². The van der Waals surface area contributed by atoms with Crippen LogP contribution in [0.4, 0.5) is 0 Å². The molecule has 2 aliphatic heterocycles. The molecular formula is C9H17NO2. The molecule has 2 rings (SSSR count). The van der Waals surface area contributed by atoms with Crippen LogP contribution in [-0.2, 0) is 9.47 Å². The van der Waals surface area contributed by atoms with E-state index in [9.17, 15) is 0 Å². The molecule has 3 heteroatoms. The quantitative estimate of drug-likeness (QED) is 0.604. The predicted octanol–water partition coefficient (Wildman–Crippen LogP) is 0.496. The van der Waals surface area contributed by atoms with Gasteiger partial charge in [0.05, 0.1) is 6.10 Å². The number of likely N-dealkylation sites (tertiary alicyclic amines) is 1. The van der Waals surface area contributed by atoms with Crippen molar-refractivity contribution in [3.05, 3.63) is 0 Å². The molecule has 0 radical (unpaired) electrons. The minimum Gasteiger partial charge on any atom is -0.381 e. The van der Waals surface area contributed by atoms with Crippen molar-refractivity contribution in [2.24, 2.45) is 0 Å². The fraction of sp³-hybridized carbons (Fsp3) is 1.00. The second-order valence-corrected chi connectivity index (χ2v) is 3.66. The normalized spacial score (nSPS) is 28.8. The lowest BCUT2D eigenvalue weighted by Crippen LogP contribution is -2.57. The average Bonchev–Trinajstić information content (AvgIpc) is 2.04. The molecule has 0 atom stereocenters. The van der Waals surface area contributed by atoms with Crippen LogP contribution in [0.15, 0.2) is 0 Å². The number of nitrogens with zero attached hydrogens (tertiary/aromatic N) is 1. The van der Waals surface area contributed by atoms with E-state index in [0.29, 0.717) is 6.10 Å². The monoisotopic (exact) mass is 171 g/mol. The van der Waals surface area contributed by atoms with Crippen molar-refractivity contribution in [2.75, 3.05) is 33.4 Å². The fourth-order valence-corrected chi connectivity index (χ4v) is 1.97. The zero-order valence-electron chi connectivity index (χ0n) is 7.66. The standard InChI is InChI=1S/C9H17NO2/c1-11-9-6-10(7-9)8-2-4-12-5-3-8/h8-9H,2-7H2,1H3. The lowest BCUT2D eigenvalue weighted by molar-refractivity contribution is -0.0732. The van der Waals surface area contributed by atoms with Crippen LogP contribution >= 0.6 is 0 Å². The Balaban J connectivity index is 1.72. The van der Waals surface area contributed by atoms with Crippen LogP contribution in [0.2, 0.25) is 0 Å². The van der Waals surface area contributed by atoms with Gasteiger partial charge in [-0.25, -0.2) is 0 Å². The molecule has 2 fully saturated rings.